The molecule has 0 aliphatic rings. The average Bonchev–Trinajstić information content (AvgIpc) is 2.01. The Morgan fingerprint density at radius 1 is 1.50 bits per heavy atom. The van der Waals surface area contributed by atoms with Crippen molar-refractivity contribution in [2.45, 2.75) is 13.5 Å². The molecule has 0 atom stereocenters. The molecular weight excluding hydrogens is 174 g/mol. The van der Waals surface area contributed by atoms with E-state index in [1.54, 1.807) is 7.11 Å². The Morgan fingerprint density at radius 2 is 2.25 bits per heavy atom. The summed E-state index contributed by atoms with van der Waals surface area (Å²) in [5, 5.41) is 0. The number of halogens is 1. The summed E-state index contributed by atoms with van der Waals surface area (Å²) in [6, 6.07) is 4.13. The maximum absolute atomic E-state index is 4.96. The third-order valence-electron chi connectivity index (χ3n) is 1.56. The standard InChI is InChI=1S/C9H14NO.ClH/c1-9-4-3-5-10(8-9)6-7-11-2;/h3-5,8H,6-7H2,1-2H3;1H/q+1;/p-1. The minimum absolute atomic E-state index is 0. The van der Waals surface area contributed by atoms with E-state index in [0.29, 0.717) is 0 Å². The monoisotopic (exact) mass is 187 g/mol. The summed E-state index contributed by atoms with van der Waals surface area (Å²) in [5.41, 5.74) is 1.28. The molecule has 0 aromatic carbocycles. The SMILES string of the molecule is COCC[n+]1cccc(C)c1.[Cl-]. The van der Waals surface area contributed by atoms with Crippen molar-refractivity contribution in [2.75, 3.05) is 13.7 Å². The number of nitrogens with zero attached hydrogens (tertiary/aromatic N) is 1. The second kappa shape index (κ2) is 5.98. The molecule has 0 saturated carbocycles. The fourth-order valence-electron chi connectivity index (χ4n) is 0.989. The highest BCUT2D eigenvalue weighted by Gasteiger charge is 1.97. The van der Waals surface area contributed by atoms with Gasteiger partial charge in [0.15, 0.2) is 18.9 Å². The second-order valence-corrected chi connectivity index (χ2v) is 2.61. The zero-order valence-electron chi connectivity index (χ0n) is 7.46. The van der Waals surface area contributed by atoms with E-state index >= 15 is 0 Å². The molecule has 0 fully saturated rings. The number of hydrogen-bond donors (Lipinski definition) is 0. The maximum atomic E-state index is 4.96. The molecule has 0 bridgehead atoms. The number of hydrogen-bond acceptors (Lipinski definition) is 1. The highest BCUT2D eigenvalue weighted by Crippen LogP contribution is 1.88. The molecular formula is C9H14ClNO. The molecule has 0 amide bonds. The Bertz CT molecular complexity index is 228. The van der Waals surface area contributed by atoms with Crippen molar-refractivity contribution in [2.24, 2.45) is 0 Å². The average molecular weight is 188 g/mol. The van der Waals surface area contributed by atoms with Gasteiger partial charge >= 0.3 is 0 Å². The zero-order chi connectivity index (χ0) is 8.10. The minimum Gasteiger partial charge on any atom is -1.00 e. The van der Waals surface area contributed by atoms with Gasteiger partial charge < -0.3 is 17.1 Å². The topological polar surface area (TPSA) is 13.1 Å². The Morgan fingerprint density at radius 3 is 2.83 bits per heavy atom. The van der Waals surface area contributed by atoms with Crippen molar-refractivity contribution in [1.82, 2.24) is 0 Å². The first-order valence-corrected chi connectivity index (χ1v) is 3.77. The van der Waals surface area contributed by atoms with E-state index in [1.807, 2.05) is 12.3 Å². The van der Waals surface area contributed by atoms with Crippen molar-refractivity contribution < 1.29 is 21.7 Å². The highest BCUT2D eigenvalue weighted by atomic mass is 35.5. The van der Waals surface area contributed by atoms with Crippen molar-refractivity contribution in [3.05, 3.63) is 30.1 Å². The molecule has 0 radical (unpaired) electrons. The first kappa shape index (κ1) is 11.4. The van der Waals surface area contributed by atoms with E-state index in [-0.39, 0.29) is 12.4 Å². The Kier molecular flexibility index (Phi) is 5.68. The molecule has 0 spiro atoms. The van der Waals surface area contributed by atoms with Gasteiger partial charge in [0.25, 0.3) is 0 Å². The third-order valence-corrected chi connectivity index (χ3v) is 1.56. The van der Waals surface area contributed by atoms with Crippen LogP contribution >= 0.6 is 0 Å². The van der Waals surface area contributed by atoms with Gasteiger partial charge in [0.1, 0.15) is 6.61 Å². The zero-order valence-corrected chi connectivity index (χ0v) is 8.21. The first-order chi connectivity index (χ1) is 5.33. The number of methoxy groups -OCH3 is 1. The molecule has 68 valence electrons. The molecule has 1 aromatic rings. The van der Waals surface area contributed by atoms with Gasteiger partial charge in [0.2, 0.25) is 0 Å². The fourth-order valence-corrected chi connectivity index (χ4v) is 0.989. The molecule has 1 rings (SSSR count). The number of aryl methyl sites for hydroxylation is 1. The third kappa shape index (κ3) is 3.69. The quantitative estimate of drug-likeness (QED) is 0.496. The van der Waals surface area contributed by atoms with Gasteiger partial charge in [-0.25, -0.2) is 4.57 Å². The minimum atomic E-state index is 0. The Labute approximate surface area is 79.6 Å². The number of rotatable bonds is 3. The predicted octanol–water partition coefficient (Wildman–Crippen LogP) is -2.07. The van der Waals surface area contributed by atoms with Crippen LogP contribution in [0.4, 0.5) is 0 Å². The lowest BCUT2D eigenvalue weighted by molar-refractivity contribution is -0.698. The first-order valence-electron chi connectivity index (χ1n) is 3.77. The molecule has 1 heterocycles. The van der Waals surface area contributed by atoms with E-state index < -0.39 is 0 Å². The van der Waals surface area contributed by atoms with Gasteiger partial charge in [-0.3, -0.25) is 0 Å². The summed E-state index contributed by atoms with van der Waals surface area (Å²) in [4.78, 5) is 0. The maximum Gasteiger partial charge on any atom is 0.171 e. The van der Waals surface area contributed by atoms with Crippen LogP contribution in [0, 0.1) is 6.92 Å². The van der Waals surface area contributed by atoms with Crippen LogP contribution < -0.4 is 17.0 Å². The van der Waals surface area contributed by atoms with E-state index in [1.165, 1.54) is 5.56 Å². The van der Waals surface area contributed by atoms with Gasteiger partial charge in [-0.05, 0) is 13.0 Å². The highest BCUT2D eigenvalue weighted by molar-refractivity contribution is 5.01. The van der Waals surface area contributed by atoms with Crippen molar-refractivity contribution in [1.29, 1.82) is 0 Å². The molecule has 3 heteroatoms. The fraction of sp³-hybridized carbons (Fsp3) is 0.444. The van der Waals surface area contributed by atoms with Crippen LogP contribution in [-0.2, 0) is 11.3 Å². The largest absolute Gasteiger partial charge is 1.00 e. The molecule has 0 saturated heterocycles. The molecule has 0 aliphatic heterocycles. The number of aromatic nitrogens is 1. The van der Waals surface area contributed by atoms with Crippen LogP contribution in [0.1, 0.15) is 5.56 Å². The number of pyridine rings is 1. The summed E-state index contributed by atoms with van der Waals surface area (Å²) < 4.78 is 7.09. The predicted molar refractivity (Wildman–Crippen MR) is 43.3 cm³/mol. The van der Waals surface area contributed by atoms with E-state index in [0.717, 1.165) is 13.2 Å². The van der Waals surface area contributed by atoms with Crippen LogP contribution in [0.5, 0.6) is 0 Å². The van der Waals surface area contributed by atoms with E-state index in [9.17, 15) is 0 Å². The summed E-state index contributed by atoms with van der Waals surface area (Å²) in [6.45, 7) is 3.79. The van der Waals surface area contributed by atoms with Crippen LogP contribution in [0.15, 0.2) is 24.5 Å². The van der Waals surface area contributed by atoms with Gasteiger partial charge in [-0.2, -0.15) is 0 Å². The van der Waals surface area contributed by atoms with Gasteiger partial charge in [0, 0.05) is 18.7 Å². The van der Waals surface area contributed by atoms with Crippen LogP contribution in [-0.4, -0.2) is 13.7 Å². The molecule has 0 aliphatic carbocycles. The van der Waals surface area contributed by atoms with Crippen molar-refractivity contribution in [3.8, 4) is 0 Å². The lowest BCUT2D eigenvalue weighted by Crippen LogP contribution is -3.00. The number of ether oxygens (including phenoxy) is 1. The molecule has 12 heavy (non-hydrogen) atoms. The van der Waals surface area contributed by atoms with Gasteiger partial charge in [-0.1, -0.05) is 0 Å². The lowest BCUT2D eigenvalue weighted by atomic mass is 10.3. The second-order valence-electron chi connectivity index (χ2n) is 2.61. The normalized spacial score (nSPS) is 9.17. The molecule has 0 unspecified atom stereocenters. The van der Waals surface area contributed by atoms with Gasteiger partial charge in [-0.15, -0.1) is 0 Å². The van der Waals surface area contributed by atoms with E-state index in [2.05, 4.69) is 23.8 Å². The summed E-state index contributed by atoms with van der Waals surface area (Å²) in [7, 11) is 1.72. The molecule has 1 aromatic heterocycles. The van der Waals surface area contributed by atoms with Gasteiger partial charge in [0.05, 0.1) is 0 Å². The summed E-state index contributed by atoms with van der Waals surface area (Å²) in [6.07, 6.45) is 4.16. The molecule has 2 nitrogen and oxygen atoms in total. The van der Waals surface area contributed by atoms with Crippen LogP contribution in [0.2, 0.25) is 0 Å². The van der Waals surface area contributed by atoms with E-state index in [4.69, 9.17) is 4.74 Å². The summed E-state index contributed by atoms with van der Waals surface area (Å²) >= 11 is 0. The summed E-state index contributed by atoms with van der Waals surface area (Å²) in [5.74, 6) is 0. The van der Waals surface area contributed by atoms with Crippen LogP contribution in [0.3, 0.4) is 0 Å². The lowest BCUT2D eigenvalue weighted by Gasteiger charge is -1.95. The smallest absolute Gasteiger partial charge is 0.171 e. The van der Waals surface area contributed by atoms with Crippen LogP contribution in [0.25, 0.3) is 0 Å². The molecule has 0 N–H and O–H groups in total. The Hall–Kier alpha value is -0.600. The van der Waals surface area contributed by atoms with Crippen molar-refractivity contribution >= 4 is 0 Å². The Balaban J connectivity index is 0.00000121. The van der Waals surface area contributed by atoms with Crippen molar-refractivity contribution in [3.63, 3.8) is 0 Å².